The number of aromatic nitrogens is 2. The highest BCUT2D eigenvalue weighted by Gasteiger charge is 2.05. The number of rotatable bonds is 9. The highest BCUT2D eigenvalue weighted by Crippen LogP contribution is 2.09. The molecule has 1 aromatic heterocycles. The second kappa shape index (κ2) is 8.68. The van der Waals surface area contributed by atoms with Crippen molar-refractivity contribution >= 4 is 10.9 Å². The monoisotopic (exact) mass is 271 g/mol. The van der Waals surface area contributed by atoms with Gasteiger partial charge >= 0.3 is 0 Å². The molecule has 0 unspecified atom stereocenters. The van der Waals surface area contributed by atoms with Crippen LogP contribution >= 0.6 is 0 Å². The third kappa shape index (κ3) is 4.59. The van der Waals surface area contributed by atoms with Crippen LogP contribution in [0.4, 0.5) is 0 Å². The van der Waals surface area contributed by atoms with Gasteiger partial charge in [0, 0.05) is 0 Å². The molecular weight excluding hydrogens is 244 g/mol. The van der Waals surface area contributed by atoms with Crippen molar-refractivity contribution in [3.05, 3.63) is 36.8 Å². The van der Waals surface area contributed by atoms with E-state index < -0.39 is 0 Å². The second-order valence-corrected chi connectivity index (χ2v) is 5.62. The molecule has 0 radical (unpaired) electrons. The SMILES string of the molecule is CCCCCCCCCC[n+]1cncc2ccccc21. The Morgan fingerprint density at radius 2 is 1.60 bits per heavy atom. The number of hydrogen-bond acceptors (Lipinski definition) is 1. The number of fused-ring (bicyclic) bond motifs is 1. The van der Waals surface area contributed by atoms with E-state index in [-0.39, 0.29) is 0 Å². The van der Waals surface area contributed by atoms with E-state index in [2.05, 4.69) is 40.7 Å². The van der Waals surface area contributed by atoms with Gasteiger partial charge in [0.2, 0.25) is 0 Å². The molecule has 108 valence electrons. The number of benzene rings is 1. The molecule has 2 heteroatoms. The van der Waals surface area contributed by atoms with E-state index >= 15 is 0 Å². The zero-order chi connectivity index (χ0) is 14.0. The summed E-state index contributed by atoms with van der Waals surface area (Å²) < 4.78 is 2.28. The minimum atomic E-state index is 1.09. The van der Waals surface area contributed by atoms with Gasteiger partial charge < -0.3 is 0 Å². The molecule has 0 N–H and O–H groups in total. The average Bonchev–Trinajstić information content (AvgIpc) is 2.50. The molecule has 0 saturated carbocycles. The van der Waals surface area contributed by atoms with Crippen molar-refractivity contribution < 1.29 is 4.57 Å². The van der Waals surface area contributed by atoms with E-state index in [0.717, 1.165) is 6.54 Å². The van der Waals surface area contributed by atoms with Gasteiger partial charge in [0.25, 0.3) is 6.33 Å². The summed E-state index contributed by atoms with van der Waals surface area (Å²) in [5, 5.41) is 1.23. The summed E-state index contributed by atoms with van der Waals surface area (Å²) in [5.74, 6) is 0. The van der Waals surface area contributed by atoms with Crippen LogP contribution in [-0.2, 0) is 6.54 Å². The fraction of sp³-hybridized carbons (Fsp3) is 0.556. The van der Waals surface area contributed by atoms with Crippen molar-refractivity contribution in [2.45, 2.75) is 64.8 Å². The first-order valence-corrected chi connectivity index (χ1v) is 8.14. The predicted molar refractivity (Wildman–Crippen MR) is 84.5 cm³/mol. The lowest BCUT2D eigenvalue weighted by atomic mass is 10.1. The first-order chi connectivity index (χ1) is 9.92. The summed E-state index contributed by atoms with van der Waals surface area (Å²) in [6.07, 6.45) is 14.8. The van der Waals surface area contributed by atoms with Gasteiger partial charge in [-0.3, -0.25) is 0 Å². The molecule has 2 aromatic rings. The summed E-state index contributed by atoms with van der Waals surface area (Å²) in [6.45, 7) is 3.36. The van der Waals surface area contributed by atoms with Gasteiger partial charge in [-0.25, -0.2) is 4.57 Å². The van der Waals surface area contributed by atoms with Crippen molar-refractivity contribution in [1.29, 1.82) is 0 Å². The van der Waals surface area contributed by atoms with Crippen LogP contribution < -0.4 is 4.57 Å². The van der Waals surface area contributed by atoms with Crippen molar-refractivity contribution in [2.24, 2.45) is 0 Å². The number of para-hydroxylation sites is 1. The molecule has 0 aliphatic carbocycles. The Bertz CT molecular complexity index is 502. The minimum Gasteiger partial charge on any atom is -0.230 e. The Balaban J connectivity index is 1.71. The first kappa shape index (κ1) is 15.0. The van der Waals surface area contributed by atoms with Gasteiger partial charge in [-0.15, -0.1) is 0 Å². The summed E-state index contributed by atoms with van der Waals surface area (Å²) in [5.41, 5.74) is 1.30. The molecule has 2 nitrogen and oxygen atoms in total. The third-order valence-electron chi connectivity index (χ3n) is 3.92. The van der Waals surface area contributed by atoms with Crippen molar-refractivity contribution in [3.8, 4) is 0 Å². The molecule has 0 aliphatic rings. The van der Waals surface area contributed by atoms with Gasteiger partial charge in [0.05, 0.1) is 11.9 Å². The zero-order valence-corrected chi connectivity index (χ0v) is 12.7. The molecule has 20 heavy (non-hydrogen) atoms. The first-order valence-electron chi connectivity index (χ1n) is 8.14. The van der Waals surface area contributed by atoms with Crippen LogP contribution in [-0.4, -0.2) is 4.98 Å². The van der Waals surface area contributed by atoms with E-state index in [4.69, 9.17) is 0 Å². The molecule has 0 saturated heterocycles. The molecule has 0 atom stereocenters. The lowest BCUT2D eigenvalue weighted by Gasteiger charge is -2.03. The largest absolute Gasteiger partial charge is 0.286 e. The van der Waals surface area contributed by atoms with Crippen LogP contribution in [0.3, 0.4) is 0 Å². The average molecular weight is 271 g/mol. The number of hydrogen-bond donors (Lipinski definition) is 0. The Kier molecular flexibility index (Phi) is 6.49. The standard InChI is InChI=1S/C18H27N2/c1-2-3-4-5-6-7-8-11-14-20-16-19-15-17-12-9-10-13-18(17)20/h9-10,12-13,15-16H,2-8,11,14H2,1H3/q+1. The van der Waals surface area contributed by atoms with Crippen molar-refractivity contribution in [2.75, 3.05) is 0 Å². The van der Waals surface area contributed by atoms with Gasteiger partial charge in [-0.1, -0.05) is 62.6 Å². The van der Waals surface area contributed by atoms with E-state index in [1.807, 2.05) is 12.5 Å². The lowest BCUT2D eigenvalue weighted by molar-refractivity contribution is -0.674. The van der Waals surface area contributed by atoms with Gasteiger partial charge in [0.15, 0.2) is 6.20 Å². The van der Waals surface area contributed by atoms with Crippen LogP contribution in [0.1, 0.15) is 58.3 Å². The Morgan fingerprint density at radius 3 is 2.40 bits per heavy atom. The van der Waals surface area contributed by atoms with Crippen LogP contribution in [0.2, 0.25) is 0 Å². The summed E-state index contributed by atoms with van der Waals surface area (Å²) in [6, 6.07) is 8.49. The van der Waals surface area contributed by atoms with Crippen LogP contribution in [0, 0.1) is 0 Å². The van der Waals surface area contributed by atoms with E-state index in [0.29, 0.717) is 0 Å². The second-order valence-electron chi connectivity index (χ2n) is 5.62. The molecule has 0 fully saturated rings. The van der Waals surface area contributed by atoms with E-state index in [1.165, 1.54) is 62.3 Å². The summed E-state index contributed by atoms with van der Waals surface area (Å²) in [4.78, 5) is 4.32. The topological polar surface area (TPSA) is 16.8 Å². The Hall–Kier alpha value is -1.44. The Labute approximate surface area is 122 Å². The molecule has 1 heterocycles. The fourth-order valence-electron chi connectivity index (χ4n) is 2.71. The highest BCUT2D eigenvalue weighted by atomic mass is 15.0. The maximum atomic E-state index is 4.32. The maximum Gasteiger partial charge on any atom is 0.286 e. The molecule has 0 aliphatic heterocycles. The number of aryl methyl sites for hydroxylation is 1. The third-order valence-corrected chi connectivity index (χ3v) is 3.92. The van der Waals surface area contributed by atoms with Gasteiger partial charge in [-0.2, -0.15) is 0 Å². The van der Waals surface area contributed by atoms with Crippen LogP contribution in [0.25, 0.3) is 10.9 Å². The van der Waals surface area contributed by atoms with Crippen molar-refractivity contribution in [3.63, 3.8) is 0 Å². The number of nitrogens with zero attached hydrogens (tertiary/aromatic N) is 2. The van der Waals surface area contributed by atoms with Crippen LogP contribution in [0.15, 0.2) is 36.8 Å². The normalized spacial score (nSPS) is 11.1. The van der Waals surface area contributed by atoms with Gasteiger partial charge in [0.1, 0.15) is 5.52 Å². The molecular formula is C18H27N2+. The molecule has 2 rings (SSSR count). The summed E-state index contributed by atoms with van der Waals surface area (Å²) in [7, 11) is 0. The highest BCUT2D eigenvalue weighted by molar-refractivity contribution is 5.73. The summed E-state index contributed by atoms with van der Waals surface area (Å²) >= 11 is 0. The van der Waals surface area contributed by atoms with Crippen LogP contribution in [0.5, 0.6) is 0 Å². The van der Waals surface area contributed by atoms with Gasteiger partial charge in [-0.05, 0) is 25.0 Å². The minimum absolute atomic E-state index is 1.09. The lowest BCUT2D eigenvalue weighted by Crippen LogP contribution is -2.34. The molecule has 0 spiro atoms. The quantitative estimate of drug-likeness (QED) is 0.478. The molecule has 0 amide bonds. The zero-order valence-electron chi connectivity index (χ0n) is 12.7. The van der Waals surface area contributed by atoms with Crippen molar-refractivity contribution in [1.82, 2.24) is 4.98 Å². The number of unbranched alkanes of at least 4 members (excludes halogenated alkanes) is 7. The Morgan fingerprint density at radius 1 is 0.900 bits per heavy atom. The molecule has 0 bridgehead atoms. The fourth-order valence-corrected chi connectivity index (χ4v) is 2.71. The predicted octanol–water partition coefficient (Wildman–Crippen LogP) is 4.66. The smallest absolute Gasteiger partial charge is 0.230 e. The maximum absolute atomic E-state index is 4.32. The van der Waals surface area contributed by atoms with E-state index in [1.54, 1.807) is 0 Å². The van der Waals surface area contributed by atoms with E-state index in [9.17, 15) is 0 Å². The molecule has 1 aromatic carbocycles.